The van der Waals surface area contributed by atoms with Gasteiger partial charge in [-0.25, -0.2) is 4.21 Å². The van der Waals surface area contributed by atoms with E-state index in [1.165, 1.54) is 11.4 Å². The third-order valence-corrected chi connectivity index (χ3v) is 2.80. The number of benzene rings is 1. The standard InChI is InChI=1S/C9H11NO4S/c1-10(15(11)12)7-2-3-8-9(6-7)14-5-4-13-8/h2-3,6H,4-5H2,1H3,(H,11,12). The van der Waals surface area contributed by atoms with Gasteiger partial charge in [0.15, 0.2) is 11.5 Å². The zero-order valence-electron chi connectivity index (χ0n) is 8.17. The van der Waals surface area contributed by atoms with Gasteiger partial charge < -0.3 is 9.47 Å². The van der Waals surface area contributed by atoms with Gasteiger partial charge in [-0.2, -0.15) is 0 Å². The summed E-state index contributed by atoms with van der Waals surface area (Å²) >= 11 is -2.03. The molecule has 0 spiro atoms. The van der Waals surface area contributed by atoms with Crippen LogP contribution >= 0.6 is 0 Å². The maximum absolute atomic E-state index is 10.8. The van der Waals surface area contributed by atoms with Crippen molar-refractivity contribution in [3.05, 3.63) is 18.2 Å². The first kappa shape index (κ1) is 10.3. The Morgan fingerprint density at radius 1 is 1.33 bits per heavy atom. The largest absolute Gasteiger partial charge is 0.486 e. The zero-order chi connectivity index (χ0) is 10.8. The summed E-state index contributed by atoms with van der Waals surface area (Å²) in [5.41, 5.74) is 0.611. The van der Waals surface area contributed by atoms with Crippen molar-refractivity contribution in [3.8, 4) is 11.5 Å². The van der Waals surface area contributed by atoms with Crippen LogP contribution in [0.15, 0.2) is 18.2 Å². The van der Waals surface area contributed by atoms with E-state index in [0.717, 1.165) is 0 Å². The summed E-state index contributed by atoms with van der Waals surface area (Å²) in [4.78, 5) is 0. The van der Waals surface area contributed by atoms with Crippen molar-refractivity contribution >= 4 is 17.0 Å². The van der Waals surface area contributed by atoms with Crippen LogP contribution in [0.3, 0.4) is 0 Å². The Morgan fingerprint density at radius 3 is 2.67 bits per heavy atom. The van der Waals surface area contributed by atoms with Gasteiger partial charge in [0.1, 0.15) is 13.2 Å². The number of hydrogen-bond acceptors (Lipinski definition) is 3. The smallest absolute Gasteiger partial charge is 0.261 e. The van der Waals surface area contributed by atoms with Crippen molar-refractivity contribution in [3.63, 3.8) is 0 Å². The third kappa shape index (κ3) is 2.05. The van der Waals surface area contributed by atoms with Gasteiger partial charge in [-0.15, -0.1) is 0 Å². The summed E-state index contributed by atoms with van der Waals surface area (Å²) in [5.74, 6) is 1.28. The van der Waals surface area contributed by atoms with E-state index >= 15 is 0 Å². The van der Waals surface area contributed by atoms with E-state index in [2.05, 4.69) is 0 Å². The fraction of sp³-hybridized carbons (Fsp3) is 0.333. The SMILES string of the molecule is CN(c1ccc2c(c1)OCCO2)S(=O)O. The highest BCUT2D eigenvalue weighted by Gasteiger charge is 2.14. The molecule has 1 aliphatic heterocycles. The van der Waals surface area contributed by atoms with Gasteiger partial charge in [0.05, 0.1) is 5.69 Å². The molecule has 6 heteroatoms. The lowest BCUT2D eigenvalue weighted by Gasteiger charge is -2.21. The first-order valence-electron chi connectivity index (χ1n) is 4.43. The van der Waals surface area contributed by atoms with Crippen LogP contribution in [0.1, 0.15) is 0 Å². The molecule has 1 heterocycles. The molecule has 1 aromatic rings. The predicted molar refractivity (Wildman–Crippen MR) is 56.6 cm³/mol. The Labute approximate surface area is 90.0 Å². The van der Waals surface area contributed by atoms with Crippen LogP contribution < -0.4 is 13.8 Å². The second-order valence-corrected chi connectivity index (χ2v) is 4.07. The van der Waals surface area contributed by atoms with Crippen molar-refractivity contribution in [2.75, 3.05) is 24.6 Å². The molecule has 0 saturated heterocycles. The molecule has 0 saturated carbocycles. The van der Waals surface area contributed by atoms with E-state index in [4.69, 9.17) is 14.0 Å². The molecular formula is C9H11NO4S. The average molecular weight is 229 g/mol. The second-order valence-electron chi connectivity index (χ2n) is 3.06. The minimum atomic E-state index is -2.03. The predicted octanol–water partition coefficient (Wildman–Crippen LogP) is 1.03. The lowest BCUT2D eigenvalue weighted by molar-refractivity contribution is 0.171. The van der Waals surface area contributed by atoms with E-state index < -0.39 is 11.3 Å². The number of ether oxygens (including phenoxy) is 2. The number of nitrogens with zero attached hydrogens (tertiary/aromatic N) is 1. The van der Waals surface area contributed by atoms with E-state index in [1.807, 2.05) is 0 Å². The van der Waals surface area contributed by atoms with Gasteiger partial charge in [0, 0.05) is 13.1 Å². The molecule has 2 rings (SSSR count). The molecule has 0 aliphatic carbocycles. The van der Waals surface area contributed by atoms with E-state index in [1.54, 1.807) is 18.2 Å². The van der Waals surface area contributed by atoms with Gasteiger partial charge in [0.2, 0.25) is 0 Å². The van der Waals surface area contributed by atoms with Crippen LogP contribution in [0.2, 0.25) is 0 Å². The Morgan fingerprint density at radius 2 is 2.00 bits per heavy atom. The molecule has 15 heavy (non-hydrogen) atoms. The van der Waals surface area contributed by atoms with E-state index in [-0.39, 0.29) is 0 Å². The molecular weight excluding hydrogens is 218 g/mol. The van der Waals surface area contributed by atoms with Gasteiger partial charge >= 0.3 is 0 Å². The molecule has 0 amide bonds. The maximum atomic E-state index is 10.8. The molecule has 1 aliphatic rings. The summed E-state index contributed by atoms with van der Waals surface area (Å²) < 4.78 is 31.7. The highest BCUT2D eigenvalue weighted by atomic mass is 32.2. The third-order valence-electron chi connectivity index (χ3n) is 2.12. The van der Waals surface area contributed by atoms with E-state index in [0.29, 0.717) is 30.4 Å². The molecule has 0 bridgehead atoms. The van der Waals surface area contributed by atoms with Crippen LogP contribution in [-0.2, 0) is 11.3 Å². The quantitative estimate of drug-likeness (QED) is 0.769. The zero-order valence-corrected chi connectivity index (χ0v) is 8.99. The molecule has 5 nitrogen and oxygen atoms in total. The van der Waals surface area contributed by atoms with Crippen molar-refractivity contribution < 1.29 is 18.2 Å². The Bertz CT molecular complexity index is 396. The molecule has 1 unspecified atom stereocenters. The van der Waals surface area contributed by atoms with Crippen LogP contribution in [-0.4, -0.2) is 29.0 Å². The molecule has 0 radical (unpaired) electrons. The minimum Gasteiger partial charge on any atom is -0.486 e. The summed E-state index contributed by atoms with van der Waals surface area (Å²) in [6.45, 7) is 1.04. The highest BCUT2D eigenvalue weighted by molar-refractivity contribution is 7.80. The first-order valence-corrected chi connectivity index (χ1v) is 5.49. The van der Waals surface area contributed by atoms with Crippen LogP contribution in [0.25, 0.3) is 0 Å². The molecule has 1 N–H and O–H groups in total. The molecule has 82 valence electrons. The Hall–Kier alpha value is -1.27. The van der Waals surface area contributed by atoms with Crippen LogP contribution in [0.4, 0.5) is 5.69 Å². The summed E-state index contributed by atoms with van der Waals surface area (Å²) in [5, 5.41) is 0. The minimum absolute atomic E-state index is 0.502. The molecule has 1 atom stereocenters. The van der Waals surface area contributed by atoms with Crippen molar-refractivity contribution in [1.82, 2.24) is 0 Å². The van der Waals surface area contributed by atoms with E-state index in [9.17, 15) is 4.21 Å². The lowest BCUT2D eigenvalue weighted by Crippen LogP contribution is -2.20. The first-order chi connectivity index (χ1) is 7.18. The molecule has 1 aromatic carbocycles. The van der Waals surface area contributed by atoms with Crippen molar-refractivity contribution in [2.24, 2.45) is 0 Å². The summed E-state index contributed by atoms with van der Waals surface area (Å²) in [7, 11) is 1.53. The van der Waals surface area contributed by atoms with Crippen molar-refractivity contribution in [1.29, 1.82) is 0 Å². The maximum Gasteiger partial charge on any atom is 0.261 e. The number of hydrogen-bond donors (Lipinski definition) is 1. The van der Waals surface area contributed by atoms with Gasteiger partial charge in [-0.1, -0.05) is 0 Å². The van der Waals surface area contributed by atoms with Crippen molar-refractivity contribution in [2.45, 2.75) is 0 Å². The highest BCUT2D eigenvalue weighted by Crippen LogP contribution is 2.33. The topological polar surface area (TPSA) is 59.0 Å². The van der Waals surface area contributed by atoms with Crippen LogP contribution in [0.5, 0.6) is 11.5 Å². The molecule has 0 fully saturated rings. The Balaban J connectivity index is 2.31. The van der Waals surface area contributed by atoms with Gasteiger partial charge in [0.25, 0.3) is 11.3 Å². The second kappa shape index (κ2) is 4.08. The molecule has 0 aromatic heterocycles. The lowest BCUT2D eigenvalue weighted by atomic mass is 10.2. The number of rotatable bonds is 2. The summed E-state index contributed by atoms with van der Waals surface area (Å²) in [6, 6.07) is 5.12. The fourth-order valence-corrected chi connectivity index (χ4v) is 1.61. The normalized spacial score (nSPS) is 15.9. The number of anilines is 1. The average Bonchev–Trinajstić information content (AvgIpc) is 2.27. The monoisotopic (exact) mass is 229 g/mol. The van der Waals surface area contributed by atoms with Crippen LogP contribution in [0, 0.1) is 0 Å². The van der Waals surface area contributed by atoms with Gasteiger partial charge in [-0.3, -0.25) is 8.86 Å². The number of fused-ring (bicyclic) bond motifs is 1. The fourth-order valence-electron chi connectivity index (χ4n) is 1.32. The van der Waals surface area contributed by atoms with Gasteiger partial charge in [-0.05, 0) is 12.1 Å². The summed E-state index contributed by atoms with van der Waals surface area (Å²) in [6.07, 6.45) is 0. The Kier molecular flexibility index (Phi) is 2.79.